The molecule has 0 aliphatic heterocycles. The molecule has 0 aliphatic rings. The third-order valence-corrected chi connectivity index (χ3v) is 3.36. The summed E-state index contributed by atoms with van der Waals surface area (Å²) in [6.07, 6.45) is -4.81. The summed E-state index contributed by atoms with van der Waals surface area (Å²) in [5.41, 5.74) is -1.35. The Labute approximate surface area is 142 Å². The molecule has 2 amide bonds. The molecule has 0 saturated heterocycles. The van der Waals surface area contributed by atoms with E-state index in [0.29, 0.717) is 6.61 Å². The number of nitrogens with zero attached hydrogens (tertiary/aromatic N) is 1. The lowest BCUT2D eigenvalue weighted by atomic mass is 10.1. The van der Waals surface area contributed by atoms with E-state index in [1.54, 1.807) is 0 Å². The van der Waals surface area contributed by atoms with Gasteiger partial charge in [-0.2, -0.15) is 13.2 Å². The minimum Gasteiger partial charge on any atom is -0.383 e. The number of rotatable bonds is 7. The summed E-state index contributed by atoms with van der Waals surface area (Å²) in [5, 5.41) is 2.45. The number of carbonyl (C=O) groups is 2. The Bertz CT molecular complexity index is 594. The van der Waals surface area contributed by atoms with Crippen LogP contribution in [0.5, 0.6) is 0 Å². The molecular weight excluding hydrogens is 349 g/mol. The fourth-order valence-corrected chi connectivity index (χ4v) is 2.18. The van der Waals surface area contributed by atoms with E-state index in [4.69, 9.17) is 16.3 Å². The number of amides is 2. The number of ether oxygens (including phenoxy) is 1. The highest BCUT2D eigenvalue weighted by molar-refractivity contribution is 6.30. The maximum absolute atomic E-state index is 13.2. The van der Waals surface area contributed by atoms with Crippen molar-refractivity contribution in [3.8, 4) is 0 Å². The van der Waals surface area contributed by atoms with Gasteiger partial charge in [0.1, 0.15) is 0 Å². The largest absolute Gasteiger partial charge is 0.418 e. The van der Waals surface area contributed by atoms with Gasteiger partial charge in [-0.1, -0.05) is 11.6 Å². The number of methoxy groups -OCH3 is 1. The molecule has 24 heavy (non-hydrogen) atoms. The number of hydrogen-bond donors (Lipinski definition) is 1. The van der Waals surface area contributed by atoms with Gasteiger partial charge in [-0.25, -0.2) is 0 Å². The summed E-state index contributed by atoms with van der Waals surface area (Å²) in [6.45, 7) is 1.55. The van der Waals surface area contributed by atoms with Gasteiger partial charge in [-0.3, -0.25) is 9.59 Å². The van der Waals surface area contributed by atoms with Gasteiger partial charge in [0.15, 0.2) is 0 Å². The van der Waals surface area contributed by atoms with Crippen LogP contribution >= 0.6 is 11.6 Å². The molecular formula is C15H18ClF3N2O3. The SMILES string of the molecule is COCCNC(=O)CCN(C(C)=O)c1ccc(Cl)cc1C(F)(F)F. The van der Waals surface area contributed by atoms with E-state index in [2.05, 4.69) is 5.32 Å². The summed E-state index contributed by atoms with van der Waals surface area (Å²) >= 11 is 5.63. The van der Waals surface area contributed by atoms with Crippen LogP contribution in [0.25, 0.3) is 0 Å². The Morgan fingerprint density at radius 2 is 2.00 bits per heavy atom. The second-order valence-electron chi connectivity index (χ2n) is 4.92. The molecule has 0 aliphatic carbocycles. The second kappa shape index (κ2) is 8.89. The Hall–Kier alpha value is -1.80. The monoisotopic (exact) mass is 366 g/mol. The number of nitrogens with one attached hydrogen (secondary N) is 1. The Morgan fingerprint density at radius 3 is 2.54 bits per heavy atom. The van der Waals surface area contributed by atoms with Gasteiger partial charge in [0.2, 0.25) is 11.8 Å². The number of alkyl halides is 3. The van der Waals surface area contributed by atoms with Crippen LogP contribution in [0.15, 0.2) is 18.2 Å². The van der Waals surface area contributed by atoms with Crippen LogP contribution in [0.4, 0.5) is 18.9 Å². The number of benzene rings is 1. The number of halogens is 4. The predicted molar refractivity (Wildman–Crippen MR) is 84.0 cm³/mol. The molecule has 0 atom stereocenters. The van der Waals surface area contributed by atoms with Gasteiger partial charge < -0.3 is 15.0 Å². The Kier molecular flexibility index (Phi) is 7.50. The lowest BCUT2D eigenvalue weighted by Gasteiger charge is -2.25. The molecule has 5 nitrogen and oxygen atoms in total. The lowest BCUT2D eigenvalue weighted by Crippen LogP contribution is -2.35. The van der Waals surface area contributed by atoms with Crippen molar-refractivity contribution in [1.82, 2.24) is 5.32 Å². The third kappa shape index (κ3) is 6.01. The van der Waals surface area contributed by atoms with Crippen molar-refractivity contribution < 1.29 is 27.5 Å². The van der Waals surface area contributed by atoms with Crippen molar-refractivity contribution in [2.75, 3.05) is 31.7 Å². The predicted octanol–water partition coefficient (Wildman–Crippen LogP) is 2.86. The van der Waals surface area contributed by atoms with Crippen molar-refractivity contribution in [3.05, 3.63) is 28.8 Å². The highest BCUT2D eigenvalue weighted by Gasteiger charge is 2.36. The average Bonchev–Trinajstić information content (AvgIpc) is 2.47. The first-order valence-corrected chi connectivity index (χ1v) is 7.45. The summed E-state index contributed by atoms with van der Waals surface area (Å²) in [6, 6.07) is 3.14. The van der Waals surface area contributed by atoms with Crippen LogP contribution in [-0.2, 0) is 20.5 Å². The first-order chi connectivity index (χ1) is 11.2. The fraction of sp³-hybridized carbons (Fsp3) is 0.467. The first kappa shape index (κ1) is 20.2. The topological polar surface area (TPSA) is 58.6 Å². The average molecular weight is 367 g/mol. The lowest BCUT2D eigenvalue weighted by molar-refractivity contribution is -0.137. The van der Waals surface area contributed by atoms with Crippen LogP contribution in [0.3, 0.4) is 0 Å². The number of carbonyl (C=O) groups excluding carboxylic acids is 2. The van der Waals surface area contributed by atoms with E-state index >= 15 is 0 Å². The molecule has 9 heteroatoms. The van der Waals surface area contributed by atoms with E-state index in [9.17, 15) is 22.8 Å². The van der Waals surface area contributed by atoms with Gasteiger partial charge >= 0.3 is 6.18 Å². The van der Waals surface area contributed by atoms with Gasteiger partial charge in [0, 0.05) is 38.6 Å². The van der Waals surface area contributed by atoms with Crippen molar-refractivity contribution >= 4 is 29.1 Å². The zero-order valence-electron chi connectivity index (χ0n) is 13.2. The van der Waals surface area contributed by atoms with Crippen LogP contribution in [0, 0.1) is 0 Å². The van der Waals surface area contributed by atoms with E-state index in [1.165, 1.54) is 13.2 Å². The minimum atomic E-state index is -4.67. The Balaban J connectivity index is 2.94. The van der Waals surface area contributed by atoms with Crippen LogP contribution in [0.2, 0.25) is 5.02 Å². The standard InChI is InChI=1S/C15H18ClF3N2O3/c1-10(22)21(7-5-14(23)20-6-8-24-2)13-4-3-11(16)9-12(13)15(17,18)19/h3-4,9H,5-8H2,1-2H3,(H,20,23). The van der Waals surface area contributed by atoms with Gasteiger partial charge in [0.25, 0.3) is 0 Å². The maximum Gasteiger partial charge on any atom is 0.418 e. The van der Waals surface area contributed by atoms with Crippen molar-refractivity contribution in [3.63, 3.8) is 0 Å². The number of hydrogen-bond acceptors (Lipinski definition) is 3. The van der Waals surface area contributed by atoms with E-state index in [0.717, 1.165) is 24.0 Å². The van der Waals surface area contributed by atoms with E-state index in [-0.39, 0.29) is 36.1 Å². The summed E-state index contributed by atoms with van der Waals surface area (Å²) in [7, 11) is 1.48. The van der Waals surface area contributed by atoms with E-state index in [1.807, 2.05) is 0 Å². The normalized spacial score (nSPS) is 11.2. The van der Waals surface area contributed by atoms with Crippen LogP contribution < -0.4 is 10.2 Å². The van der Waals surface area contributed by atoms with Crippen LogP contribution in [-0.4, -0.2) is 38.6 Å². The molecule has 1 N–H and O–H groups in total. The molecule has 0 saturated carbocycles. The molecule has 1 aromatic rings. The molecule has 1 aromatic carbocycles. The first-order valence-electron chi connectivity index (χ1n) is 7.07. The Morgan fingerprint density at radius 1 is 1.33 bits per heavy atom. The molecule has 0 aromatic heterocycles. The van der Waals surface area contributed by atoms with Gasteiger partial charge in [0.05, 0.1) is 17.9 Å². The molecule has 0 spiro atoms. The molecule has 0 unspecified atom stereocenters. The molecule has 0 fully saturated rings. The third-order valence-electron chi connectivity index (χ3n) is 3.13. The highest BCUT2D eigenvalue weighted by Crippen LogP contribution is 2.38. The fourth-order valence-electron chi connectivity index (χ4n) is 2.01. The molecule has 134 valence electrons. The summed E-state index contributed by atoms with van der Waals surface area (Å²) in [4.78, 5) is 24.3. The van der Waals surface area contributed by atoms with Crippen molar-refractivity contribution in [1.29, 1.82) is 0 Å². The van der Waals surface area contributed by atoms with Gasteiger partial charge in [-0.05, 0) is 18.2 Å². The smallest absolute Gasteiger partial charge is 0.383 e. The summed E-state index contributed by atoms with van der Waals surface area (Å²) < 4.78 is 44.3. The maximum atomic E-state index is 13.2. The highest BCUT2D eigenvalue weighted by atomic mass is 35.5. The van der Waals surface area contributed by atoms with Crippen molar-refractivity contribution in [2.24, 2.45) is 0 Å². The van der Waals surface area contributed by atoms with Gasteiger partial charge in [-0.15, -0.1) is 0 Å². The van der Waals surface area contributed by atoms with E-state index < -0.39 is 17.6 Å². The molecule has 0 heterocycles. The quantitative estimate of drug-likeness (QED) is 0.755. The second-order valence-corrected chi connectivity index (χ2v) is 5.36. The zero-order chi connectivity index (χ0) is 18.3. The summed E-state index contributed by atoms with van der Waals surface area (Å²) in [5.74, 6) is -0.992. The zero-order valence-corrected chi connectivity index (χ0v) is 14.0. The molecule has 0 bridgehead atoms. The number of anilines is 1. The van der Waals surface area contributed by atoms with Crippen LogP contribution in [0.1, 0.15) is 18.9 Å². The molecule has 1 rings (SSSR count). The minimum absolute atomic E-state index is 0.0908. The molecule has 0 radical (unpaired) electrons. The van der Waals surface area contributed by atoms with Crippen molar-refractivity contribution in [2.45, 2.75) is 19.5 Å².